The average molecular weight is 854 g/mol. The number of fused-ring (bicyclic) bond motifs is 4. The van der Waals surface area contributed by atoms with Crippen LogP contribution in [0.2, 0.25) is 10.0 Å². The Morgan fingerprint density at radius 3 is 2.47 bits per heavy atom. The molecule has 3 saturated heterocycles. The molecule has 2 amide bonds. The summed E-state index contributed by atoms with van der Waals surface area (Å²) in [7, 11) is 0. The van der Waals surface area contributed by atoms with Gasteiger partial charge in [0.2, 0.25) is 5.91 Å². The Labute approximate surface area is 357 Å². The van der Waals surface area contributed by atoms with Crippen molar-refractivity contribution in [3.63, 3.8) is 0 Å². The molecule has 5 fully saturated rings. The summed E-state index contributed by atoms with van der Waals surface area (Å²) in [6.45, 7) is 9.45. The SMILES string of the molecule is CC(C)(C)OC(=O)N1C[C@H]2C[C@@H]1[C@H]2n1c([C@H]2C[C@H](O)CN2C(=O)C2CC2)cc2c(-c3ccc(C(C)(C)O)nc3)nc3c(F)c(-c4cccc(Cl)c4Cl)c(CCC#N)cc3c21. The third-order valence-electron chi connectivity index (χ3n) is 12.5. The minimum absolute atomic E-state index is 0.00260. The maximum absolute atomic E-state index is 17.9. The van der Waals surface area contributed by atoms with Gasteiger partial charge in [0.05, 0.1) is 57.2 Å². The van der Waals surface area contributed by atoms with Crippen LogP contribution in [0.5, 0.6) is 0 Å². The Morgan fingerprint density at radius 2 is 1.80 bits per heavy atom. The lowest BCUT2D eigenvalue weighted by molar-refractivity contribution is -0.133. The average Bonchev–Trinajstić information content (AvgIpc) is 3.46. The van der Waals surface area contributed by atoms with Crippen molar-refractivity contribution in [3.8, 4) is 28.5 Å². The minimum atomic E-state index is -1.22. The Hall–Kier alpha value is -4.80. The molecule has 2 N–H and O–H groups in total. The van der Waals surface area contributed by atoms with Gasteiger partial charge in [-0.15, -0.1) is 0 Å². The van der Waals surface area contributed by atoms with Crippen LogP contribution in [0.25, 0.3) is 44.2 Å². The zero-order chi connectivity index (χ0) is 42.6. The zero-order valence-electron chi connectivity index (χ0n) is 34.2. The molecule has 2 bridgehead atoms. The summed E-state index contributed by atoms with van der Waals surface area (Å²) >= 11 is 13.3. The predicted octanol–water partition coefficient (Wildman–Crippen LogP) is 9.27. The smallest absolute Gasteiger partial charge is 0.410 e. The molecule has 5 atom stereocenters. The van der Waals surface area contributed by atoms with Crippen LogP contribution in [0.4, 0.5) is 9.18 Å². The highest BCUT2D eigenvalue weighted by atomic mass is 35.5. The van der Waals surface area contributed by atoms with Crippen LogP contribution < -0.4 is 0 Å². The van der Waals surface area contributed by atoms with Crippen LogP contribution in [-0.2, 0) is 21.6 Å². The van der Waals surface area contributed by atoms with Crippen LogP contribution in [0.1, 0.15) is 95.8 Å². The van der Waals surface area contributed by atoms with E-state index in [0.717, 1.165) is 25.0 Å². The number of halogens is 3. The summed E-state index contributed by atoms with van der Waals surface area (Å²) < 4.78 is 26.0. The fourth-order valence-corrected chi connectivity index (χ4v) is 10.0. The summed E-state index contributed by atoms with van der Waals surface area (Å²) in [6, 6.07) is 13.6. The zero-order valence-corrected chi connectivity index (χ0v) is 35.7. The molecule has 10 rings (SSSR count). The first-order valence-electron chi connectivity index (χ1n) is 20.6. The van der Waals surface area contributed by atoms with Crippen LogP contribution in [0.3, 0.4) is 0 Å². The van der Waals surface area contributed by atoms with Gasteiger partial charge in [-0.3, -0.25) is 9.78 Å². The van der Waals surface area contributed by atoms with E-state index in [1.54, 1.807) is 60.2 Å². The van der Waals surface area contributed by atoms with Gasteiger partial charge in [-0.25, -0.2) is 14.2 Å². The predicted molar refractivity (Wildman–Crippen MR) is 227 cm³/mol. The molecule has 14 heteroatoms. The molecule has 6 heterocycles. The number of hydrogen-bond acceptors (Lipinski definition) is 8. The number of hydrogen-bond donors (Lipinski definition) is 2. The van der Waals surface area contributed by atoms with Crippen molar-refractivity contribution < 1.29 is 28.9 Å². The highest BCUT2D eigenvalue weighted by Crippen LogP contribution is 2.55. The molecule has 60 heavy (non-hydrogen) atoms. The number of nitriles is 1. The lowest BCUT2D eigenvalue weighted by Crippen LogP contribution is -2.45. The number of aryl methyl sites for hydroxylation is 1. The van der Waals surface area contributed by atoms with Gasteiger partial charge in [0.25, 0.3) is 0 Å². The van der Waals surface area contributed by atoms with Gasteiger partial charge in [0, 0.05) is 77.1 Å². The number of pyridine rings is 2. The molecule has 0 radical (unpaired) electrons. The van der Waals surface area contributed by atoms with Gasteiger partial charge in [-0.1, -0.05) is 35.3 Å². The fourth-order valence-electron chi connectivity index (χ4n) is 9.63. The number of aromatic nitrogens is 3. The third-order valence-corrected chi connectivity index (χ3v) is 13.3. The number of carbonyl (C=O) groups excluding carboxylic acids is 2. The molecule has 2 saturated carbocycles. The Kier molecular flexibility index (Phi) is 9.94. The van der Waals surface area contributed by atoms with E-state index in [-0.39, 0.29) is 70.3 Å². The van der Waals surface area contributed by atoms with Crippen molar-refractivity contribution >= 4 is 57.0 Å². The molecule has 5 aliphatic rings. The van der Waals surface area contributed by atoms with Crippen LogP contribution >= 0.6 is 23.2 Å². The summed E-state index contributed by atoms with van der Waals surface area (Å²) in [5.74, 6) is -0.715. The van der Waals surface area contributed by atoms with E-state index in [1.165, 1.54) is 0 Å². The third kappa shape index (κ3) is 6.88. The van der Waals surface area contributed by atoms with Crippen molar-refractivity contribution in [1.29, 1.82) is 5.26 Å². The first-order valence-corrected chi connectivity index (χ1v) is 21.4. The molecule has 3 aromatic heterocycles. The molecule has 5 aromatic rings. The standard InChI is InChI=1S/C46H47Cl2FN6O5/c1-45(2,3)60-44(58)54-21-26-17-34(54)41(26)55-33(32-18-27(56)22-53(32)43(57)23-11-12-23)19-30-39(25-13-14-35(51-20-25)46(4,5)59)52-40-29(42(30)55)16-24(8-7-15-50)36(38(40)49)28-9-6-10-31(47)37(28)48/h6,9-10,13-14,16,19-20,23,26-27,32,34,41,56,59H,7-8,11-12,17-18,21-22H2,1-5H3/t26-,27+,32-,34-,41+/m1/s1. The van der Waals surface area contributed by atoms with E-state index in [9.17, 15) is 25.1 Å². The monoisotopic (exact) mass is 852 g/mol. The number of benzene rings is 2. The van der Waals surface area contributed by atoms with Crippen LogP contribution in [-0.4, -0.2) is 77.4 Å². The summed E-state index contributed by atoms with van der Waals surface area (Å²) in [4.78, 5) is 41.0. The number of carbonyl (C=O) groups is 2. The number of likely N-dealkylation sites (tertiary alicyclic amines) is 1. The highest BCUT2D eigenvalue weighted by molar-refractivity contribution is 6.43. The molecule has 0 unspecified atom stereocenters. The van der Waals surface area contributed by atoms with E-state index in [0.29, 0.717) is 57.3 Å². The lowest BCUT2D eigenvalue weighted by Gasteiger charge is -2.40. The van der Waals surface area contributed by atoms with E-state index >= 15 is 4.39 Å². The highest BCUT2D eigenvalue weighted by Gasteiger charge is 2.57. The fraction of sp³-hybridized carbons (Fsp3) is 0.457. The maximum atomic E-state index is 17.9. The molecule has 3 aliphatic heterocycles. The number of rotatable bonds is 8. The van der Waals surface area contributed by atoms with Gasteiger partial charge in [0.15, 0.2) is 5.82 Å². The second-order valence-corrected chi connectivity index (χ2v) is 19.2. The second-order valence-electron chi connectivity index (χ2n) is 18.4. The van der Waals surface area contributed by atoms with Crippen molar-refractivity contribution in [2.45, 2.75) is 109 Å². The summed E-state index contributed by atoms with van der Waals surface area (Å²) in [5.41, 5.74) is 2.08. The number of aliphatic hydroxyl groups excluding tert-OH is 1. The number of ether oxygens (including phenoxy) is 1. The van der Waals surface area contributed by atoms with Gasteiger partial charge < -0.3 is 29.3 Å². The first-order chi connectivity index (χ1) is 28.4. The van der Waals surface area contributed by atoms with Gasteiger partial charge >= 0.3 is 6.09 Å². The number of amides is 2. The topological polar surface area (TPSA) is 145 Å². The van der Waals surface area contributed by atoms with Crippen LogP contribution in [0.15, 0.2) is 48.7 Å². The molecular formula is C46H47Cl2FN6O5. The maximum Gasteiger partial charge on any atom is 0.410 e. The Bertz CT molecular complexity index is 2630. The largest absolute Gasteiger partial charge is 0.444 e. The van der Waals surface area contributed by atoms with E-state index < -0.39 is 35.3 Å². The summed E-state index contributed by atoms with van der Waals surface area (Å²) in [5, 5.41) is 33.3. The van der Waals surface area contributed by atoms with Crippen molar-refractivity contribution in [2.24, 2.45) is 11.8 Å². The number of β-amino-alcohol motifs (C(OH)–C–C–N with tert-alkyl or cyclic N) is 1. The minimum Gasteiger partial charge on any atom is -0.444 e. The molecule has 11 nitrogen and oxygen atoms in total. The lowest BCUT2D eigenvalue weighted by atomic mass is 9.79. The molecule has 2 aliphatic carbocycles. The van der Waals surface area contributed by atoms with E-state index in [1.807, 2.05) is 32.9 Å². The normalized spacial score (nSPS) is 22.7. The van der Waals surface area contributed by atoms with Gasteiger partial charge in [-0.2, -0.15) is 5.26 Å². The Morgan fingerprint density at radius 1 is 1.03 bits per heavy atom. The molecule has 2 aromatic carbocycles. The number of nitrogens with zero attached hydrogens (tertiary/aromatic N) is 6. The van der Waals surface area contributed by atoms with Gasteiger partial charge in [0.1, 0.15) is 16.7 Å². The van der Waals surface area contributed by atoms with Crippen molar-refractivity contribution in [1.82, 2.24) is 24.3 Å². The van der Waals surface area contributed by atoms with Gasteiger partial charge in [-0.05, 0) is 96.2 Å². The molecule has 0 spiro atoms. The first kappa shape index (κ1) is 40.6. The number of aliphatic hydroxyl groups is 2. The van der Waals surface area contributed by atoms with Crippen LogP contribution in [0, 0.1) is 29.0 Å². The molecular weight excluding hydrogens is 806 g/mol. The van der Waals surface area contributed by atoms with Crippen molar-refractivity contribution in [2.75, 3.05) is 13.1 Å². The van der Waals surface area contributed by atoms with Crippen molar-refractivity contribution in [3.05, 3.63) is 81.5 Å². The molecule has 312 valence electrons. The quantitative estimate of drug-likeness (QED) is 0.157. The van der Waals surface area contributed by atoms with E-state index in [4.69, 9.17) is 32.9 Å². The Balaban J connectivity index is 1.36. The van der Waals surface area contributed by atoms with E-state index in [2.05, 4.69) is 15.6 Å². The summed E-state index contributed by atoms with van der Waals surface area (Å²) in [6.07, 6.45) is 3.40. The second kappa shape index (κ2) is 14.7.